The molecule has 0 aromatic carbocycles. The highest BCUT2D eigenvalue weighted by molar-refractivity contribution is 7.47. The van der Waals surface area contributed by atoms with Crippen molar-refractivity contribution in [2.45, 2.75) is 131 Å². The van der Waals surface area contributed by atoms with Gasteiger partial charge < -0.3 is 14.1 Å². The third-order valence-corrected chi connectivity index (χ3v) is 14.4. The lowest BCUT2D eigenvalue weighted by atomic mass is 9.47. The zero-order chi connectivity index (χ0) is 35.3. The third kappa shape index (κ3) is 9.87. The quantitative estimate of drug-likeness (QED) is 0.0538. The van der Waals surface area contributed by atoms with Crippen molar-refractivity contribution in [2.24, 2.45) is 52.3 Å². The molecule has 0 spiro atoms. The minimum absolute atomic E-state index is 0.0176. The number of phosphoric ester groups is 1. The maximum absolute atomic E-state index is 12.8. The molecule has 3 saturated carbocycles. The Kier molecular flexibility index (Phi) is 13.7. The fourth-order valence-corrected chi connectivity index (χ4v) is 11.1. The molecule has 0 saturated heterocycles. The summed E-state index contributed by atoms with van der Waals surface area (Å²) in [5.41, 5.74) is 2.24. The molecule has 1 N–H and O–H groups in total. The molecule has 0 aromatic rings. The van der Waals surface area contributed by atoms with Gasteiger partial charge in [-0.3, -0.25) is 13.8 Å². The van der Waals surface area contributed by atoms with Gasteiger partial charge in [-0.1, -0.05) is 71.8 Å². The summed E-state index contributed by atoms with van der Waals surface area (Å²) in [6.45, 7) is 15.6. The van der Waals surface area contributed by atoms with E-state index >= 15 is 0 Å². The van der Waals surface area contributed by atoms with Crippen molar-refractivity contribution in [1.82, 2.24) is 0 Å². The van der Waals surface area contributed by atoms with E-state index < -0.39 is 7.82 Å². The number of fused-ring (bicyclic) bond motifs is 5. The molecule has 4 rings (SSSR count). The van der Waals surface area contributed by atoms with Gasteiger partial charge in [-0.15, -0.1) is 0 Å². The molecule has 0 bridgehead atoms. The number of rotatable bonds is 17. The molecular weight excluding hydrogens is 621 g/mol. The standard InChI is InChI=1S/C40H70NO6P/c1-10-31(29(2)3)16-15-30(4)35-19-20-36-34-18-17-32-28-33(21-23-39(32,5)37(34)22-24-40(35,36)6)47-38(42)14-12-11-13-26-45-48(43,44)46-27-25-41(7,8)9/h15-17,29-31,33-37H,10-14,18-28H2,1-9H3/p+1/b16-15+/t30-,31-,33+,34?,35-,36?,37?,39+,40-/m1/s1. The van der Waals surface area contributed by atoms with Crippen LogP contribution in [0.4, 0.5) is 0 Å². The van der Waals surface area contributed by atoms with Crippen LogP contribution in [0.2, 0.25) is 0 Å². The van der Waals surface area contributed by atoms with Crippen molar-refractivity contribution in [2.75, 3.05) is 40.9 Å². The summed E-state index contributed by atoms with van der Waals surface area (Å²) in [7, 11) is 1.95. The molecular formula is C40H71NO6P+. The number of esters is 1. The summed E-state index contributed by atoms with van der Waals surface area (Å²) in [6, 6.07) is 0. The van der Waals surface area contributed by atoms with Crippen molar-refractivity contribution < 1.29 is 32.5 Å². The summed E-state index contributed by atoms with van der Waals surface area (Å²) in [4.78, 5) is 22.6. The first-order chi connectivity index (χ1) is 22.5. The van der Waals surface area contributed by atoms with Gasteiger partial charge in [0.05, 0.1) is 27.7 Å². The highest BCUT2D eigenvalue weighted by atomic mass is 31.2. The molecule has 0 aliphatic heterocycles. The van der Waals surface area contributed by atoms with Crippen LogP contribution in [0.15, 0.2) is 23.8 Å². The van der Waals surface area contributed by atoms with E-state index in [2.05, 4.69) is 59.8 Å². The lowest BCUT2D eigenvalue weighted by Gasteiger charge is -2.58. The largest absolute Gasteiger partial charge is 0.472 e. The van der Waals surface area contributed by atoms with Crippen LogP contribution in [0.1, 0.15) is 125 Å². The minimum Gasteiger partial charge on any atom is -0.462 e. The van der Waals surface area contributed by atoms with Crippen LogP contribution in [-0.4, -0.2) is 62.4 Å². The first-order valence-electron chi connectivity index (χ1n) is 19.5. The lowest BCUT2D eigenvalue weighted by Crippen LogP contribution is -2.51. The second kappa shape index (κ2) is 16.6. The normalized spacial score (nSPS) is 34.6. The summed E-state index contributed by atoms with van der Waals surface area (Å²) in [6.07, 6.45) is 20.9. The Labute approximate surface area is 293 Å². The van der Waals surface area contributed by atoms with Gasteiger partial charge in [-0.2, -0.15) is 0 Å². The first-order valence-corrected chi connectivity index (χ1v) is 21.0. The van der Waals surface area contributed by atoms with E-state index in [1.165, 1.54) is 38.5 Å². The van der Waals surface area contributed by atoms with Crippen LogP contribution in [0.3, 0.4) is 0 Å². The van der Waals surface area contributed by atoms with E-state index in [-0.39, 0.29) is 30.7 Å². The Morgan fingerprint density at radius 1 is 1.00 bits per heavy atom. The number of quaternary nitrogens is 1. The van der Waals surface area contributed by atoms with E-state index in [1.807, 2.05) is 21.1 Å². The zero-order valence-electron chi connectivity index (χ0n) is 32.0. The monoisotopic (exact) mass is 693 g/mol. The van der Waals surface area contributed by atoms with Crippen molar-refractivity contribution in [3.63, 3.8) is 0 Å². The summed E-state index contributed by atoms with van der Waals surface area (Å²) in [5, 5.41) is 0. The first kappa shape index (κ1) is 39.8. The minimum atomic E-state index is -4.03. The predicted molar refractivity (Wildman–Crippen MR) is 195 cm³/mol. The van der Waals surface area contributed by atoms with Gasteiger partial charge in [-0.05, 0) is 116 Å². The highest BCUT2D eigenvalue weighted by Gasteiger charge is 2.59. The van der Waals surface area contributed by atoms with Crippen molar-refractivity contribution in [1.29, 1.82) is 0 Å². The molecule has 4 aliphatic carbocycles. The summed E-state index contributed by atoms with van der Waals surface area (Å²) >= 11 is 0. The van der Waals surface area contributed by atoms with Crippen molar-refractivity contribution in [3.05, 3.63) is 23.8 Å². The molecule has 3 fully saturated rings. The van der Waals surface area contributed by atoms with Crippen LogP contribution < -0.4 is 0 Å². The molecule has 8 heteroatoms. The smallest absolute Gasteiger partial charge is 0.462 e. The number of hydrogen-bond donors (Lipinski definition) is 1. The van der Waals surface area contributed by atoms with E-state index in [0.717, 1.165) is 49.4 Å². The molecule has 7 nitrogen and oxygen atoms in total. The second-order valence-corrected chi connectivity index (χ2v) is 19.3. The van der Waals surface area contributed by atoms with Crippen molar-refractivity contribution >= 4 is 13.8 Å². The summed E-state index contributed by atoms with van der Waals surface area (Å²) in [5.74, 6) is 5.07. The Morgan fingerprint density at radius 2 is 1.73 bits per heavy atom. The summed E-state index contributed by atoms with van der Waals surface area (Å²) < 4.78 is 28.9. The third-order valence-electron chi connectivity index (χ3n) is 13.4. The van der Waals surface area contributed by atoms with Gasteiger partial charge in [-0.25, -0.2) is 4.57 Å². The second-order valence-electron chi connectivity index (χ2n) is 17.9. The number of carbonyl (C=O) groups excluding carboxylic acids is 1. The number of phosphoric acid groups is 1. The van der Waals surface area contributed by atoms with Gasteiger partial charge in [0.2, 0.25) is 0 Å². The number of ether oxygens (including phenoxy) is 1. The molecule has 10 atom stereocenters. The predicted octanol–water partition coefficient (Wildman–Crippen LogP) is 9.75. The van der Waals surface area contributed by atoms with Gasteiger partial charge in [0.25, 0.3) is 0 Å². The van der Waals surface area contributed by atoms with Crippen LogP contribution in [-0.2, 0) is 23.1 Å². The SMILES string of the molecule is CC[C@H](/C=C/[C@@H](C)[C@H]1CCC2C3CC=C4C[C@@H](OC(=O)CCCCCOP(=O)(O)OCC[N+](C)(C)C)CC[C@]4(C)C3CC[C@@]21C)C(C)C. The molecule has 4 unspecified atom stereocenters. The van der Waals surface area contributed by atoms with E-state index in [1.54, 1.807) is 5.57 Å². The molecule has 48 heavy (non-hydrogen) atoms. The van der Waals surface area contributed by atoms with Crippen molar-refractivity contribution in [3.8, 4) is 0 Å². The van der Waals surface area contributed by atoms with Gasteiger partial charge >= 0.3 is 13.8 Å². The maximum atomic E-state index is 12.8. The number of unbranched alkanes of at least 4 members (excludes halogenated alkanes) is 2. The molecule has 0 radical (unpaired) electrons. The zero-order valence-corrected chi connectivity index (χ0v) is 32.9. The van der Waals surface area contributed by atoms with Crippen LogP contribution in [0.5, 0.6) is 0 Å². The molecule has 0 heterocycles. The number of allylic oxidation sites excluding steroid dienone is 3. The number of likely N-dealkylation sites (N-methyl/N-ethyl adjacent to an activating group) is 1. The maximum Gasteiger partial charge on any atom is 0.472 e. The Hall–Kier alpha value is -0.980. The Morgan fingerprint density at radius 3 is 2.42 bits per heavy atom. The van der Waals surface area contributed by atoms with Crippen LogP contribution in [0.25, 0.3) is 0 Å². The molecule has 4 aliphatic rings. The number of hydrogen-bond acceptors (Lipinski definition) is 5. The van der Waals surface area contributed by atoms with E-state index in [0.29, 0.717) is 53.5 Å². The highest BCUT2D eigenvalue weighted by Crippen LogP contribution is 2.67. The number of carbonyl (C=O) groups is 1. The number of nitrogens with zero attached hydrogens (tertiary/aromatic N) is 1. The fourth-order valence-electron chi connectivity index (χ4n) is 10.4. The molecule has 0 aromatic heterocycles. The van der Waals surface area contributed by atoms with Gasteiger partial charge in [0, 0.05) is 12.8 Å². The molecule has 276 valence electrons. The van der Waals surface area contributed by atoms with E-state index in [4.69, 9.17) is 13.8 Å². The Bertz CT molecular complexity index is 1180. The van der Waals surface area contributed by atoms with Crippen LogP contribution >= 0.6 is 7.82 Å². The average molecular weight is 693 g/mol. The Balaban J connectivity index is 1.22. The molecule has 0 amide bonds. The fraction of sp³-hybridized carbons (Fsp3) is 0.875. The van der Waals surface area contributed by atoms with Gasteiger partial charge in [0.1, 0.15) is 19.3 Å². The van der Waals surface area contributed by atoms with Crippen LogP contribution in [0, 0.1) is 52.3 Å². The lowest BCUT2D eigenvalue weighted by molar-refractivity contribution is -0.870. The average Bonchev–Trinajstić information content (AvgIpc) is 3.35. The topological polar surface area (TPSA) is 82.1 Å². The van der Waals surface area contributed by atoms with E-state index in [9.17, 15) is 14.3 Å². The van der Waals surface area contributed by atoms with Gasteiger partial charge in [0.15, 0.2) is 0 Å².